The maximum atomic E-state index is 12.9. The zero-order valence-electron chi connectivity index (χ0n) is 9.46. The Morgan fingerprint density at radius 2 is 2.25 bits per heavy atom. The van der Waals surface area contributed by atoms with E-state index in [1.807, 2.05) is 0 Å². The van der Waals surface area contributed by atoms with Gasteiger partial charge < -0.3 is 5.11 Å². The monoisotopic (exact) mass is 222 g/mol. The van der Waals surface area contributed by atoms with E-state index in [0.29, 0.717) is 6.42 Å². The lowest BCUT2D eigenvalue weighted by molar-refractivity contribution is -0.145. The third-order valence-electron chi connectivity index (χ3n) is 2.80. The molecule has 2 nitrogen and oxygen atoms in total. The zero-order valence-corrected chi connectivity index (χ0v) is 9.46. The highest BCUT2D eigenvalue weighted by atomic mass is 19.1. The number of hydrogen-bond donors (Lipinski definition) is 1. The molecule has 86 valence electrons. The van der Waals surface area contributed by atoms with Crippen LogP contribution in [0.25, 0.3) is 0 Å². The van der Waals surface area contributed by atoms with Crippen LogP contribution in [0, 0.1) is 18.2 Å². The van der Waals surface area contributed by atoms with E-state index >= 15 is 0 Å². The van der Waals surface area contributed by atoms with Crippen molar-refractivity contribution in [2.45, 2.75) is 20.3 Å². The van der Waals surface area contributed by atoms with Gasteiger partial charge in [0.15, 0.2) is 0 Å². The molecule has 0 aliphatic heterocycles. The molecule has 1 rings (SSSR count). The van der Waals surface area contributed by atoms with Crippen molar-refractivity contribution in [1.29, 1.82) is 0 Å². The fraction of sp³-hybridized carbons (Fsp3) is 0.308. The highest BCUT2D eigenvalue weighted by molar-refractivity contribution is 5.77. The van der Waals surface area contributed by atoms with Gasteiger partial charge >= 0.3 is 5.97 Å². The Bertz CT molecular complexity index is 426. The van der Waals surface area contributed by atoms with E-state index in [0.717, 1.165) is 11.1 Å². The minimum atomic E-state index is -1.01. The van der Waals surface area contributed by atoms with E-state index in [1.165, 1.54) is 18.2 Å². The number of hydrogen-bond acceptors (Lipinski definition) is 1. The molecule has 0 spiro atoms. The fourth-order valence-corrected chi connectivity index (χ4v) is 1.49. The predicted molar refractivity (Wildman–Crippen MR) is 60.8 cm³/mol. The van der Waals surface area contributed by atoms with Crippen LogP contribution in [0.2, 0.25) is 0 Å². The van der Waals surface area contributed by atoms with Crippen LogP contribution in [0.5, 0.6) is 0 Å². The molecule has 1 aromatic carbocycles. The molecule has 1 N–H and O–H groups in total. The summed E-state index contributed by atoms with van der Waals surface area (Å²) in [5.74, 6) is -1.23. The van der Waals surface area contributed by atoms with Crippen LogP contribution in [0.3, 0.4) is 0 Å². The topological polar surface area (TPSA) is 37.3 Å². The van der Waals surface area contributed by atoms with Gasteiger partial charge in [0.2, 0.25) is 0 Å². The zero-order chi connectivity index (χ0) is 12.3. The summed E-state index contributed by atoms with van der Waals surface area (Å²) in [7, 11) is 0. The highest BCUT2D eigenvalue weighted by Gasteiger charge is 2.30. The molecule has 1 atom stereocenters. The van der Waals surface area contributed by atoms with Gasteiger partial charge in [0.05, 0.1) is 5.41 Å². The first-order valence-electron chi connectivity index (χ1n) is 5.01. The summed E-state index contributed by atoms with van der Waals surface area (Å²) in [4.78, 5) is 11.1. The van der Waals surface area contributed by atoms with Crippen molar-refractivity contribution in [2.24, 2.45) is 5.41 Å². The van der Waals surface area contributed by atoms with E-state index in [1.54, 1.807) is 19.9 Å². The average molecular weight is 222 g/mol. The highest BCUT2D eigenvalue weighted by Crippen LogP contribution is 2.26. The van der Waals surface area contributed by atoms with Gasteiger partial charge in [-0.05, 0) is 43.5 Å². The second-order valence-corrected chi connectivity index (χ2v) is 4.17. The first-order chi connectivity index (χ1) is 7.39. The SMILES string of the molecule is C=CC(C)(Cc1ccc(F)cc1C)C(=O)O. The van der Waals surface area contributed by atoms with Crippen molar-refractivity contribution >= 4 is 5.97 Å². The molecule has 0 saturated heterocycles. The van der Waals surface area contributed by atoms with Crippen molar-refractivity contribution in [3.05, 3.63) is 47.8 Å². The van der Waals surface area contributed by atoms with Gasteiger partial charge in [0.1, 0.15) is 5.82 Å². The Balaban J connectivity index is 3.04. The van der Waals surface area contributed by atoms with E-state index in [2.05, 4.69) is 6.58 Å². The molecule has 0 heterocycles. The Labute approximate surface area is 94.4 Å². The Morgan fingerprint density at radius 1 is 1.62 bits per heavy atom. The van der Waals surface area contributed by atoms with Gasteiger partial charge in [0, 0.05) is 0 Å². The molecule has 0 aromatic heterocycles. The molecule has 0 amide bonds. The first-order valence-corrected chi connectivity index (χ1v) is 5.01. The van der Waals surface area contributed by atoms with Crippen molar-refractivity contribution in [3.8, 4) is 0 Å². The summed E-state index contributed by atoms with van der Waals surface area (Å²) in [5, 5.41) is 9.09. The lowest BCUT2D eigenvalue weighted by Gasteiger charge is -2.21. The summed E-state index contributed by atoms with van der Waals surface area (Å²) in [6.07, 6.45) is 1.73. The molecule has 16 heavy (non-hydrogen) atoms. The van der Waals surface area contributed by atoms with Crippen molar-refractivity contribution in [1.82, 2.24) is 0 Å². The summed E-state index contributed by atoms with van der Waals surface area (Å²) >= 11 is 0. The third kappa shape index (κ3) is 2.48. The average Bonchev–Trinajstić information content (AvgIpc) is 2.22. The van der Waals surface area contributed by atoms with Gasteiger partial charge in [-0.1, -0.05) is 12.1 Å². The van der Waals surface area contributed by atoms with Gasteiger partial charge in [-0.3, -0.25) is 4.79 Å². The van der Waals surface area contributed by atoms with E-state index < -0.39 is 11.4 Å². The van der Waals surface area contributed by atoms with Gasteiger partial charge in [-0.25, -0.2) is 4.39 Å². The van der Waals surface area contributed by atoms with E-state index in [9.17, 15) is 9.18 Å². The van der Waals surface area contributed by atoms with Crippen LogP contribution in [-0.2, 0) is 11.2 Å². The lowest BCUT2D eigenvalue weighted by atomic mass is 9.82. The number of halogens is 1. The Hall–Kier alpha value is -1.64. The first kappa shape index (κ1) is 12.4. The number of aryl methyl sites for hydroxylation is 1. The van der Waals surface area contributed by atoms with Crippen molar-refractivity contribution in [2.75, 3.05) is 0 Å². The molecule has 0 saturated carbocycles. The maximum absolute atomic E-state index is 12.9. The second kappa shape index (κ2) is 4.47. The lowest BCUT2D eigenvalue weighted by Crippen LogP contribution is -2.27. The quantitative estimate of drug-likeness (QED) is 0.795. The number of benzene rings is 1. The standard InChI is InChI=1S/C13H15FO2/c1-4-13(3,12(15)16)8-10-5-6-11(14)7-9(10)2/h4-7H,1,8H2,2-3H3,(H,15,16). The summed E-state index contributed by atoms with van der Waals surface area (Å²) in [5.41, 5.74) is 0.572. The minimum absolute atomic E-state index is 0.308. The maximum Gasteiger partial charge on any atom is 0.313 e. The van der Waals surface area contributed by atoms with Gasteiger partial charge in [-0.15, -0.1) is 6.58 Å². The van der Waals surface area contributed by atoms with E-state index in [4.69, 9.17) is 5.11 Å². The summed E-state index contributed by atoms with van der Waals surface area (Å²) in [6.45, 7) is 6.91. The molecular weight excluding hydrogens is 207 g/mol. The number of carbonyl (C=O) groups is 1. The van der Waals surface area contributed by atoms with Crippen molar-refractivity contribution < 1.29 is 14.3 Å². The largest absolute Gasteiger partial charge is 0.481 e. The molecule has 1 aromatic rings. The molecule has 0 radical (unpaired) electrons. The molecule has 0 bridgehead atoms. The molecule has 0 aliphatic carbocycles. The van der Waals surface area contributed by atoms with Gasteiger partial charge in [0.25, 0.3) is 0 Å². The van der Waals surface area contributed by atoms with E-state index in [-0.39, 0.29) is 5.82 Å². The van der Waals surface area contributed by atoms with Gasteiger partial charge in [-0.2, -0.15) is 0 Å². The third-order valence-corrected chi connectivity index (χ3v) is 2.80. The van der Waals surface area contributed by atoms with Crippen LogP contribution >= 0.6 is 0 Å². The molecule has 1 unspecified atom stereocenters. The number of carboxylic acid groups (broad SMARTS) is 1. The summed E-state index contributed by atoms with van der Waals surface area (Å²) in [6, 6.07) is 4.36. The molecule has 0 aliphatic rings. The van der Waals surface area contributed by atoms with Crippen LogP contribution in [0.4, 0.5) is 4.39 Å². The predicted octanol–water partition coefficient (Wildman–Crippen LogP) is 2.95. The molecule has 0 fully saturated rings. The second-order valence-electron chi connectivity index (χ2n) is 4.17. The molecule has 3 heteroatoms. The summed E-state index contributed by atoms with van der Waals surface area (Å²) < 4.78 is 12.9. The van der Waals surface area contributed by atoms with Crippen LogP contribution in [0.15, 0.2) is 30.9 Å². The minimum Gasteiger partial charge on any atom is -0.481 e. The van der Waals surface area contributed by atoms with Crippen molar-refractivity contribution in [3.63, 3.8) is 0 Å². The smallest absolute Gasteiger partial charge is 0.313 e. The van der Waals surface area contributed by atoms with Crippen LogP contribution in [0.1, 0.15) is 18.1 Å². The fourth-order valence-electron chi connectivity index (χ4n) is 1.49. The normalized spacial score (nSPS) is 14.2. The number of aliphatic carboxylic acids is 1. The molecular formula is C13H15FO2. The van der Waals surface area contributed by atoms with Crippen LogP contribution in [-0.4, -0.2) is 11.1 Å². The van der Waals surface area contributed by atoms with Crippen LogP contribution < -0.4 is 0 Å². The number of carboxylic acids is 1. The number of rotatable bonds is 4. The Morgan fingerprint density at radius 3 is 2.69 bits per heavy atom. The Kier molecular flexibility index (Phi) is 3.48.